The van der Waals surface area contributed by atoms with Crippen LogP contribution in [0.5, 0.6) is 5.75 Å². The molecule has 3 rings (SSSR count). The van der Waals surface area contributed by atoms with E-state index in [1.807, 2.05) is 30.3 Å². The largest absolute Gasteiger partial charge is 0.496 e. The highest BCUT2D eigenvalue weighted by molar-refractivity contribution is 5.95. The first kappa shape index (κ1) is 19.1. The molecule has 0 fully saturated rings. The molecule has 28 heavy (non-hydrogen) atoms. The number of nitrogens with one attached hydrogen (secondary N) is 2. The Morgan fingerprint density at radius 1 is 1.00 bits per heavy atom. The Hall–Kier alpha value is -3.67. The van der Waals surface area contributed by atoms with E-state index < -0.39 is 0 Å². The van der Waals surface area contributed by atoms with Crippen LogP contribution < -0.4 is 15.4 Å². The predicted octanol–water partition coefficient (Wildman–Crippen LogP) is 3.97. The fraction of sp³-hybridized carbons (Fsp3) is 0.136. The molecule has 0 bridgehead atoms. The van der Waals surface area contributed by atoms with Gasteiger partial charge in [-0.2, -0.15) is 0 Å². The second kappa shape index (κ2) is 8.81. The molecular formula is C22H21N3O3. The van der Waals surface area contributed by atoms with Crippen molar-refractivity contribution in [2.45, 2.75) is 13.5 Å². The first-order valence-corrected chi connectivity index (χ1v) is 8.81. The van der Waals surface area contributed by atoms with Gasteiger partial charge in [-0.05, 0) is 37.3 Å². The van der Waals surface area contributed by atoms with E-state index in [1.54, 1.807) is 43.6 Å². The number of methoxy groups -OCH3 is 1. The minimum absolute atomic E-state index is 0.00483. The van der Waals surface area contributed by atoms with Gasteiger partial charge in [-0.25, -0.2) is 0 Å². The maximum Gasteiger partial charge on any atom is 0.270 e. The molecule has 1 heterocycles. The third-order valence-corrected chi connectivity index (χ3v) is 4.18. The number of carbonyl (C=O) groups excluding carboxylic acids is 2. The monoisotopic (exact) mass is 375 g/mol. The van der Waals surface area contributed by atoms with Gasteiger partial charge in [-0.3, -0.25) is 14.6 Å². The van der Waals surface area contributed by atoms with E-state index in [0.717, 1.165) is 17.0 Å². The summed E-state index contributed by atoms with van der Waals surface area (Å²) in [5.41, 5.74) is 3.27. The number of ketones is 1. The number of anilines is 2. The number of amides is 1. The average molecular weight is 375 g/mol. The van der Waals surface area contributed by atoms with Crippen LogP contribution >= 0.6 is 0 Å². The van der Waals surface area contributed by atoms with Crippen molar-refractivity contribution in [3.05, 3.63) is 83.7 Å². The lowest BCUT2D eigenvalue weighted by molar-refractivity contribution is 0.0945. The normalized spacial score (nSPS) is 10.2. The SMILES string of the molecule is COc1ccccc1CNC(=O)c1cc(Nc2cccc(C(C)=O)c2)ccn1. The number of pyridine rings is 1. The fourth-order valence-corrected chi connectivity index (χ4v) is 2.73. The Bertz CT molecular complexity index is 1000. The summed E-state index contributed by atoms with van der Waals surface area (Å²) in [5.74, 6) is 0.429. The van der Waals surface area contributed by atoms with Crippen LogP contribution in [-0.2, 0) is 6.54 Å². The third kappa shape index (κ3) is 4.73. The zero-order valence-electron chi connectivity index (χ0n) is 15.7. The predicted molar refractivity (Wildman–Crippen MR) is 108 cm³/mol. The number of carbonyl (C=O) groups is 2. The van der Waals surface area contributed by atoms with Gasteiger partial charge in [0.15, 0.2) is 5.78 Å². The first-order chi connectivity index (χ1) is 13.6. The van der Waals surface area contributed by atoms with Gasteiger partial charge in [0.2, 0.25) is 0 Å². The molecule has 0 atom stereocenters. The molecule has 1 aromatic heterocycles. The van der Waals surface area contributed by atoms with Crippen molar-refractivity contribution in [3.8, 4) is 5.75 Å². The van der Waals surface area contributed by atoms with Crippen molar-refractivity contribution < 1.29 is 14.3 Å². The molecule has 2 aromatic carbocycles. The molecule has 0 aliphatic heterocycles. The summed E-state index contributed by atoms with van der Waals surface area (Å²) in [4.78, 5) is 28.2. The first-order valence-electron chi connectivity index (χ1n) is 8.81. The fourth-order valence-electron chi connectivity index (χ4n) is 2.73. The van der Waals surface area contributed by atoms with E-state index in [0.29, 0.717) is 23.5 Å². The number of ether oxygens (including phenoxy) is 1. The van der Waals surface area contributed by atoms with Crippen LogP contribution in [0.4, 0.5) is 11.4 Å². The minimum atomic E-state index is -0.285. The summed E-state index contributed by atoms with van der Waals surface area (Å²) < 4.78 is 5.29. The Balaban J connectivity index is 1.69. The standard InChI is InChI=1S/C22H21N3O3/c1-15(26)16-7-5-8-18(12-16)25-19-10-11-23-20(13-19)22(27)24-14-17-6-3-4-9-21(17)28-2/h3-13H,14H2,1-2H3,(H,23,25)(H,24,27). The summed E-state index contributed by atoms with van der Waals surface area (Å²) in [6.07, 6.45) is 1.56. The molecule has 0 aliphatic rings. The molecule has 6 nitrogen and oxygen atoms in total. The number of hydrogen-bond donors (Lipinski definition) is 2. The summed E-state index contributed by atoms with van der Waals surface area (Å²) >= 11 is 0. The van der Waals surface area contributed by atoms with Crippen molar-refractivity contribution in [1.82, 2.24) is 10.3 Å². The molecule has 3 aromatic rings. The summed E-state index contributed by atoms with van der Waals surface area (Å²) in [7, 11) is 1.60. The van der Waals surface area contributed by atoms with Gasteiger partial charge >= 0.3 is 0 Å². The van der Waals surface area contributed by atoms with E-state index in [9.17, 15) is 9.59 Å². The van der Waals surface area contributed by atoms with Crippen LogP contribution in [-0.4, -0.2) is 23.8 Å². The molecule has 0 saturated carbocycles. The summed E-state index contributed by atoms with van der Waals surface area (Å²) in [6.45, 7) is 1.86. The topological polar surface area (TPSA) is 80.3 Å². The van der Waals surface area contributed by atoms with Crippen LogP contribution in [0.25, 0.3) is 0 Å². The number of rotatable bonds is 7. The molecule has 6 heteroatoms. The van der Waals surface area contributed by atoms with Crippen LogP contribution in [0.3, 0.4) is 0 Å². The van der Waals surface area contributed by atoms with E-state index in [2.05, 4.69) is 15.6 Å². The number of Topliss-reactive ketones (excluding diaryl/α,β-unsaturated/α-hetero) is 1. The minimum Gasteiger partial charge on any atom is -0.496 e. The molecule has 142 valence electrons. The maximum atomic E-state index is 12.5. The highest BCUT2D eigenvalue weighted by Gasteiger charge is 2.10. The van der Waals surface area contributed by atoms with Crippen molar-refractivity contribution >= 4 is 23.1 Å². The molecular weight excluding hydrogens is 354 g/mol. The summed E-state index contributed by atoms with van der Waals surface area (Å²) in [5, 5.41) is 6.05. The lowest BCUT2D eigenvalue weighted by atomic mass is 10.1. The highest BCUT2D eigenvalue weighted by Crippen LogP contribution is 2.19. The van der Waals surface area contributed by atoms with Crippen LogP contribution in [0.1, 0.15) is 33.3 Å². The Morgan fingerprint density at radius 2 is 1.79 bits per heavy atom. The molecule has 0 aliphatic carbocycles. The van der Waals surface area contributed by atoms with E-state index in [4.69, 9.17) is 4.74 Å². The van der Waals surface area contributed by atoms with E-state index >= 15 is 0 Å². The van der Waals surface area contributed by atoms with Crippen molar-refractivity contribution in [2.24, 2.45) is 0 Å². The van der Waals surface area contributed by atoms with Gasteiger partial charge in [0.25, 0.3) is 5.91 Å². The summed E-state index contributed by atoms with van der Waals surface area (Å²) in [6, 6.07) is 18.1. The molecule has 0 unspecified atom stereocenters. The maximum absolute atomic E-state index is 12.5. The van der Waals surface area contributed by atoms with Gasteiger partial charge in [-0.15, -0.1) is 0 Å². The van der Waals surface area contributed by atoms with Crippen LogP contribution in [0.2, 0.25) is 0 Å². The van der Waals surface area contributed by atoms with Gasteiger partial charge < -0.3 is 15.4 Å². The van der Waals surface area contributed by atoms with Crippen molar-refractivity contribution in [2.75, 3.05) is 12.4 Å². The van der Waals surface area contributed by atoms with E-state index in [1.165, 1.54) is 6.92 Å². The average Bonchev–Trinajstić information content (AvgIpc) is 2.72. The second-order valence-corrected chi connectivity index (χ2v) is 6.19. The highest BCUT2D eigenvalue weighted by atomic mass is 16.5. The zero-order chi connectivity index (χ0) is 19.9. The van der Waals surface area contributed by atoms with Crippen LogP contribution in [0, 0.1) is 0 Å². The van der Waals surface area contributed by atoms with Gasteiger partial charge in [0.1, 0.15) is 11.4 Å². The lowest BCUT2D eigenvalue weighted by Gasteiger charge is -2.11. The second-order valence-electron chi connectivity index (χ2n) is 6.19. The van der Waals surface area contributed by atoms with Crippen LogP contribution in [0.15, 0.2) is 66.9 Å². The quantitative estimate of drug-likeness (QED) is 0.611. The molecule has 0 spiro atoms. The van der Waals surface area contributed by atoms with Gasteiger partial charge in [-0.1, -0.05) is 30.3 Å². The number of nitrogens with zero attached hydrogens (tertiary/aromatic N) is 1. The third-order valence-electron chi connectivity index (χ3n) is 4.18. The number of benzene rings is 2. The smallest absolute Gasteiger partial charge is 0.270 e. The molecule has 0 radical (unpaired) electrons. The Morgan fingerprint density at radius 3 is 2.57 bits per heavy atom. The molecule has 0 saturated heterocycles. The molecule has 2 N–H and O–H groups in total. The van der Waals surface area contributed by atoms with Gasteiger partial charge in [0.05, 0.1) is 7.11 Å². The number of aromatic nitrogens is 1. The Labute approximate surface area is 163 Å². The Kier molecular flexibility index (Phi) is 6.01. The van der Waals surface area contributed by atoms with E-state index in [-0.39, 0.29) is 11.7 Å². The zero-order valence-corrected chi connectivity index (χ0v) is 15.7. The molecule has 1 amide bonds. The number of para-hydroxylation sites is 1. The lowest BCUT2D eigenvalue weighted by Crippen LogP contribution is -2.24. The van der Waals surface area contributed by atoms with Crippen molar-refractivity contribution in [3.63, 3.8) is 0 Å². The number of hydrogen-bond acceptors (Lipinski definition) is 5. The van der Waals surface area contributed by atoms with Gasteiger partial charge in [0, 0.05) is 35.2 Å². The van der Waals surface area contributed by atoms with Crippen molar-refractivity contribution in [1.29, 1.82) is 0 Å².